The third-order valence-corrected chi connectivity index (χ3v) is 4.76. The zero-order chi connectivity index (χ0) is 15.2. The number of halogens is 2. The Balaban J connectivity index is 2.08. The summed E-state index contributed by atoms with van der Waals surface area (Å²) in [5, 5.41) is 4.56. The third kappa shape index (κ3) is 4.18. The second kappa shape index (κ2) is 8.11. The van der Waals surface area contributed by atoms with Crippen LogP contribution in [0.1, 0.15) is 26.7 Å². The summed E-state index contributed by atoms with van der Waals surface area (Å²) in [6.45, 7) is 5.86. The zero-order valence-electron chi connectivity index (χ0n) is 12.3. The molecule has 1 aromatic heterocycles. The van der Waals surface area contributed by atoms with Crippen LogP contribution in [0.2, 0.25) is 0 Å². The van der Waals surface area contributed by atoms with Crippen molar-refractivity contribution in [1.29, 1.82) is 0 Å². The maximum absolute atomic E-state index is 5.95. The molecule has 0 bridgehead atoms. The lowest BCUT2D eigenvalue weighted by molar-refractivity contribution is 0.303. The predicted molar refractivity (Wildman–Crippen MR) is 95.0 cm³/mol. The van der Waals surface area contributed by atoms with Crippen LogP contribution in [0.3, 0.4) is 0 Å². The van der Waals surface area contributed by atoms with Crippen LogP contribution in [0.15, 0.2) is 33.3 Å². The highest BCUT2D eigenvalue weighted by Gasteiger charge is 2.12. The summed E-state index contributed by atoms with van der Waals surface area (Å²) in [4.78, 5) is 4.44. The van der Waals surface area contributed by atoms with Crippen LogP contribution in [0.4, 0.5) is 0 Å². The van der Waals surface area contributed by atoms with Crippen molar-refractivity contribution in [3.63, 3.8) is 0 Å². The molecule has 1 N–H and O–H groups in total. The molecular formula is C16H20Br2N2O. The van der Waals surface area contributed by atoms with Gasteiger partial charge in [0.25, 0.3) is 0 Å². The molecule has 1 aromatic carbocycles. The number of rotatable bonds is 7. The minimum absolute atomic E-state index is 0.567. The van der Waals surface area contributed by atoms with Gasteiger partial charge in [-0.3, -0.25) is 4.98 Å². The van der Waals surface area contributed by atoms with Gasteiger partial charge in [-0.1, -0.05) is 35.8 Å². The van der Waals surface area contributed by atoms with E-state index in [1.54, 1.807) is 6.20 Å². The Morgan fingerprint density at radius 2 is 2.00 bits per heavy atom. The number of nitrogens with one attached hydrogen (secondary N) is 1. The molecule has 0 aliphatic carbocycles. The van der Waals surface area contributed by atoms with Crippen molar-refractivity contribution in [2.45, 2.75) is 32.7 Å². The molecule has 0 aliphatic heterocycles. The first-order valence-electron chi connectivity index (χ1n) is 7.26. The fraction of sp³-hybridized carbons (Fsp3) is 0.438. The van der Waals surface area contributed by atoms with Gasteiger partial charge in [-0.05, 0) is 40.9 Å². The number of hydrogen-bond donors (Lipinski definition) is 1. The van der Waals surface area contributed by atoms with Gasteiger partial charge in [0.1, 0.15) is 12.1 Å². The Morgan fingerprint density at radius 3 is 2.71 bits per heavy atom. The van der Waals surface area contributed by atoms with Crippen LogP contribution < -0.4 is 10.1 Å². The smallest absolute Gasteiger partial charge is 0.159 e. The molecule has 0 radical (unpaired) electrons. The highest BCUT2D eigenvalue weighted by Crippen LogP contribution is 2.37. The normalized spacial score (nSPS) is 11.3. The molecule has 3 nitrogen and oxygen atoms in total. The standard InChI is InChI=1S/C16H20Br2N2O/c1-3-11(4-2)19-8-9-21-16-14(18)10-13(17)12-6-5-7-20-15(12)16/h5-7,10-11,19H,3-4,8-9H2,1-2H3. The van der Waals surface area contributed by atoms with E-state index in [9.17, 15) is 0 Å². The number of aromatic nitrogens is 1. The molecule has 0 saturated heterocycles. The summed E-state index contributed by atoms with van der Waals surface area (Å²) in [6.07, 6.45) is 4.07. The van der Waals surface area contributed by atoms with Crippen LogP contribution in [0.5, 0.6) is 5.75 Å². The van der Waals surface area contributed by atoms with Crippen molar-refractivity contribution >= 4 is 42.8 Å². The number of nitrogens with zero attached hydrogens (tertiary/aromatic N) is 1. The highest BCUT2D eigenvalue weighted by molar-refractivity contribution is 9.11. The molecular weight excluding hydrogens is 396 g/mol. The molecule has 21 heavy (non-hydrogen) atoms. The van der Waals surface area contributed by atoms with E-state index >= 15 is 0 Å². The summed E-state index contributed by atoms with van der Waals surface area (Å²) in [5.41, 5.74) is 0.876. The van der Waals surface area contributed by atoms with Gasteiger partial charge in [0, 0.05) is 28.6 Å². The topological polar surface area (TPSA) is 34.1 Å². The quantitative estimate of drug-likeness (QED) is 0.651. The van der Waals surface area contributed by atoms with Crippen LogP contribution >= 0.6 is 31.9 Å². The second-order valence-corrected chi connectivity index (χ2v) is 6.59. The molecule has 0 atom stereocenters. The van der Waals surface area contributed by atoms with Gasteiger partial charge in [0.2, 0.25) is 0 Å². The first-order valence-corrected chi connectivity index (χ1v) is 8.84. The molecule has 2 aromatic rings. The molecule has 0 aliphatic rings. The van der Waals surface area contributed by atoms with Crippen molar-refractivity contribution < 1.29 is 4.74 Å². The SMILES string of the molecule is CCC(CC)NCCOc1c(Br)cc(Br)c2cccnc12. The summed E-state index contributed by atoms with van der Waals surface area (Å²) in [6, 6.07) is 6.54. The Labute approximate surface area is 142 Å². The second-order valence-electron chi connectivity index (χ2n) is 4.88. The van der Waals surface area contributed by atoms with Crippen LogP contribution in [0.25, 0.3) is 10.9 Å². The van der Waals surface area contributed by atoms with Crippen molar-refractivity contribution in [1.82, 2.24) is 10.3 Å². The summed E-state index contributed by atoms with van der Waals surface area (Å²) >= 11 is 7.12. The van der Waals surface area contributed by atoms with Gasteiger partial charge in [-0.25, -0.2) is 0 Å². The summed E-state index contributed by atoms with van der Waals surface area (Å²) in [7, 11) is 0. The monoisotopic (exact) mass is 414 g/mol. The van der Waals surface area contributed by atoms with E-state index in [-0.39, 0.29) is 0 Å². The van der Waals surface area contributed by atoms with E-state index in [0.717, 1.165) is 45.0 Å². The van der Waals surface area contributed by atoms with Gasteiger partial charge in [-0.2, -0.15) is 0 Å². The Morgan fingerprint density at radius 1 is 1.24 bits per heavy atom. The van der Waals surface area contributed by atoms with Crippen molar-refractivity contribution in [2.75, 3.05) is 13.2 Å². The minimum Gasteiger partial charge on any atom is -0.489 e. The average Bonchev–Trinajstić information content (AvgIpc) is 2.50. The fourth-order valence-corrected chi connectivity index (χ4v) is 3.66. The van der Waals surface area contributed by atoms with E-state index in [1.807, 2.05) is 18.2 Å². The largest absolute Gasteiger partial charge is 0.489 e. The lowest BCUT2D eigenvalue weighted by atomic mass is 10.2. The van der Waals surface area contributed by atoms with E-state index in [4.69, 9.17) is 4.74 Å². The van der Waals surface area contributed by atoms with Gasteiger partial charge < -0.3 is 10.1 Å². The predicted octanol–water partition coefficient (Wildman–Crippen LogP) is 4.92. The van der Waals surface area contributed by atoms with E-state index in [1.165, 1.54) is 0 Å². The van der Waals surface area contributed by atoms with E-state index in [0.29, 0.717) is 12.6 Å². The van der Waals surface area contributed by atoms with E-state index < -0.39 is 0 Å². The Hall–Kier alpha value is -0.650. The molecule has 0 amide bonds. The van der Waals surface area contributed by atoms with Gasteiger partial charge in [0.05, 0.1) is 4.47 Å². The number of hydrogen-bond acceptors (Lipinski definition) is 3. The maximum Gasteiger partial charge on any atom is 0.159 e. The first-order chi connectivity index (χ1) is 10.2. The highest BCUT2D eigenvalue weighted by atomic mass is 79.9. The molecule has 0 unspecified atom stereocenters. The molecule has 0 fully saturated rings. The maximum atomic E-state index is 5.95. The van der Waals surface area contributed by atoms with Crippen LogP contribution in [-0.4, -0.2) is 24.2 Å². The first kappa shape index (κ1) is 16.7. The molecule has 1 heterocycles. The Bertz CT molecular complexity index is 600. The van der Waals surface area contributed by atoms with Crippen molar-refractivity contribution in [3.8, 4) is 5.75 Å². The number of pyridine rings is 1. The van der Waals surface area contributed by atoms with Gasteiger partial charge in [-0.15, -0.1) is 0 Å². The number of ether oxygens (including phenoxy) is 1. The summed E-state index contributed by atoms with van der Waals surface area (Å²) in [5.74, 6) is 0.806. The zero-order valence-corrected chi connectivity index (χ0v) is 15.5. The third-order valence-electron chi connectivity index (χ3n) is 3.52. The summed E-state index contributed by atoms with van der Waals surface area (Å²) < 4.78 is 7.89. The lowest BCUT2D eigenvalue weighted by Crippen LogP contribution is -2.31. The molecule has 5 heteroatoms. The van der Waals surface area contributed by atoms with E-state index in [2.05, 4.69) is 56.0 Å². The van der Waals surface area contributed by atoms with Crippen LogP contribution in [0, 0.1) is 0 Å². The molecule has 0 saturated carbocycles. The molecule has 114 valence electrons. The van der Waals surface area contributed by atoms with Gasteiger partial charge in [0.15, 0.2) is 5.75 Å². The Kier molecular flexibility index (Phi) is 6.45. The fourth-order valence-electron chi connectivity index (χ4n) is 2.28. The van der Waals surface area contributed by atoms with Gasteiger partial charge >= 0.3 is 0 Å². The van der Waals surface area contributed by atoms with Crippen molar-refractivity contribution in [2.24, 2.45) is 0 Å². The van der Waals surface area contributed by atoms with Crippen molar-refractivity contribution in [3.05, 3.63) is 33.3 Å². The number of fused-ring (bicyclic) bond motifs is 1. The molecule has 0 spiro atoms. The lowest BCUT2D eigenvalue weighted by Gasteiger charge is -2.16. The average molecular weight is 416 g/mol. The minimum atomic E-state index is 0.567. The molecule has 2 rings (SSSR count). The number of benzene rings is 1. The van der Waals surface area contributed by atoms with Crippen LogP contribution in [-0.2, 0) is 0 Å².